The summed E-state index contributed by atoms with van der Waals surface area (Å²) in [4.78, 5) is 14.5. The first-order valence-corrected chi connectivity index (χ1v) is 7.86. The van der Waals surface area contributed by atoms with Crippen LogP contribution in [0.3, 0.4) is 0 Å². The number of phenols is 1. The van der Waals surface area contributed by atoms with Gasteiger partial charge in [0.15, 0.2) is 6.10 Å². The molecule has 0 radical (unpaired) electrons. The standard InChI is InChI=1S/C19H21NO3/c1-4-20-16-8-7-15(21)11-17(16)23-18(19(20)22)10-14-9-12(2)5-6-13(14)3/h5-9,11,18,21H,4,10H2,1-3H3. The molecule has 0 saturated carbocycles. The fraction of sp³-hybridized carbons (Fsp3) is 0.316. The molecule has 0 aromatic heterocycles. The molecular weight excluding hydrogens is 290 g/mol. The number of carbonyl (C=O) groups is 1. The Morgan fingerprint density at radius 3 is 2.70 bits per heavy atom. The van der Waals surface area contributed by atoms with E-state index in [2.05, 4.69) is 18.2 Å². The Kier molecular flexibility index (Phi) is 3.99. The van der Waals surface area contributed by atoms with Crippen molar-refractivity contribution in [3.63, 3.8) is 0 Å². The molecule has 1 unspecified atom stereocenters. The number of hydrogen-bond donors (Lipinski definition) is 1. The maximum Gasteiger partial charge on any atom is 0.268 e. The maximum atomic E-state index is 12.7. The van der Waals surface area contributed by atoms with Gasteiger partial charge in [-0.05, 0) is 44.0 Å². The van der Waals surface area contributed by atoms with Crippen molar-refractivity contribution in [3.05, 3.63) is 53.1 Å². The quantitative estimate of drug-likeness (QED) is 0.945. The van der Waals surface area contributed by atoms with Crippen LogP contribution in [0, 0.1) is 13.8 Å². The molecule has 23 heavy (non-hydrogen) atoms. The van der Waals surface area contributed by atoms with Gasteiger partial charge in [0.05, 0.1) is 5.69 Å². The number of aryl methyl sites for hydroxylation is 2. The van der Waals surface area contributed by atoms with E-state index in [0.717, 1.165) is 11.1 Å². The van der Waals surface area contributed by atoms with Crippen molar-refractivity contribution in [1.82, 2.24) is 0 Å². The zero-order chi connectivity index (χ0) is 16.6. The zero-order valence-corrected chi connectivity index (χ0v) is 13.7. The average Bonchev–Trinajstić information content (AvgIpc) is 2.52. The van der Waals surface area contributed by atoms with Gasteiger partial charge < -0.3 is 14.7 Å². The minimum absolute atomic E-state index is 0.0356. The van der Waals surface area contributed by atoms with Crippen molar-refractivity contribution >= 4 is 11.6 Å². The van der Waals surface area contributed by atoms with Gasteiger partial charge in [-0.25, -0.2) is 0 Å². The summed E-state index contributed by atoms with van der Waals surface area (Å²) < 4.78 is 5.90. The number of fused-ring (bicyclic) bond motifs is 1. The number of amides is 1. The van der Waals surface area contributed by atoms with Gasteiger partial charge in [0, 0.05) is 19.0 Å². The van der Waals surface area contributed by atoms with Gasteiger partial charge >= 0.3 is 0 Å². The van der Waals surface area contributed by atoms with Crippen LogP contribution in [-0.2, 0) is 11.2 Å². The number of carbonyl (C=O) groups excluding carboxylic acids is 1. The molecule has 120 valence electrons. The number of nitrogens with zero attached hydrogens (tertiary/aromatic N) is 1. The van der Waals surface area contributed by atoms with E-state index in [1.807, 2.05) is 20.8 Å². The molecule has 1 amide bonds. The summed E-state index contributed by atoms with van der Waals surface area (Å²) in [6.07, 6.45) is -0.0393. The molecule has 4 heteroatoms. The number of rotatable bonds is 3. The molecule has 0 fully saturated rings. The van der Waals surface area contributed by atoms with Crippen LogP contribution in [0.15, 0.2) is 36.4 Å². The Morgan fingerprint density at radius 1 is 1.17 bits per heavy atom. The maximum absolute atomic E-state index is 12.7. The minimum Gasteiger partial charge on any atom is -0.508 e. The lowest BCUT2D eigenvalue weighted by atomic mass is 9.98. The highest BCUT2D eigenvalue weighted by atomic mass is 16.5. The monoisotopic (exact) mass is 311 g/mol. The van der Waals surface area contributed by atoms with Crippen LogP contribution < -0.4 is 9.64 Å². The predicted octanol–water partition coefficient (Wildman–Crippen LogP) is 3.37. The van der Waals surface area contributed by atoms with Crippen molar-refractivity contribution in [3.8, 4) is 11.5 Å². The highest BCUT2D eigenvalue weighted by Gasteiger charge is 2.34. The van der Waals surface area contributed by atoms with Crippen molar-refractivity contribution in [2.75, 3.05) is 11.4 Å². The highest BCUT2D eigenvalue weighted by molar-refractivity contribution is 6.00. The van der Waals surface area contributed by atoms with E-state index >= 15 is 0 Å². The van der Waals surface area contributed by atoms with E-state index in [9.17, 15) is 9.90 Å². The number of anilines is 1. The normalized spacial score (nSPS) is 16.9. The molecular formula is C19H21NO3. The minimum atomic E-state index is -0.565. The van der Waals surface area contributed by atoms with E-state index in [4.69, 9.17) is 4.74 Å². The molecule has 4 nitrogen and oxygen atoms in total. The number of phenolic OH excluding ortho intramolecular Hbond substituents is 1. The van der Waals surface area contributed by atoms with Crippen LogP contribution in [0.5, 0.6) is 11.5 Å². The smallest absolute Gasteiger partial charge is 0.268 e. The lowest BCUT2D eigenvalue weighted by Crippen LogP contribution is -2.46. The summed E-state index contributed by atoms with van der Waals surface area (Å²) in [5, 5.41) is 9.69. The molecule has 1 N–H and O–H groups in total. The van der Waals surface area contributed by atoms with E-state index in [0.29, 0.717) is 24.4 Å². The number of likely N-dealkylation sites (N-methyl/N-ethyl adjacent to an activating group) is 1. The Balaban J connectivity index is 1.94. The zero-order valence-electron chi connectivity index (χ0n) is 13.7. The third-order valence-corrected chi connectivity index (χ3v) is 4.27. The molecule has 0 aliphatic carbocycles. The van der Waals surface area contributed by atoms with Crippen LogP contribution in [0.25, 0.3) is 0 Å². The number of ether oxygens (including phenoxy) is 1. The van der Waals surface area contributed by atoms with Crippen molar-refractivity contribution in [2.24, 2.45) is 0 Å². The lowest BCUT2D eigenvalue weighted by Gasteiger charge is -2.34. The molecule has 1 aliphatic heterocycles. The largest absolute Gasteiger partial charge is 0.508 e. The van der Waals surface area contributed by atoms with Gasteiger partial charge in [-0.3, -0.25) is 4.79 Å². The van der Waals surface area contributed by atoms with Crippen molar-refractivity contribution in [1.29, 1.82) is 0 Å². The molecule has 3 rings (SSSR count). The Morgan fingerprint density at radius 2 is 1.96 bits per heavy atom. The second kappa shape index (κ2) is 5.95. The first-order valence-electron chi connectivity index (χ1n) is 7.86. The van der Waals surface area contributed by atoms with Gasteiger partial charge in [-0.2, -0.15) is 0 Å². The molecule has 0 saturated heterocycles. The number of aromatic hydroxyl groups is 1. The van der Waals surface area contributed by atoms with Gasteiger partial charge in [-0.15, -0.1) is 0 Å². The molecule has 1 aliphatic rings. The highest BCUT2D eigenvalue weighted by Crippen LogP contribution is 2.37. The Labute approximate surface area is 136 Å². The number of benzene rings is 2. The van der Waals surface area contributed by atoms with E-state index in [-0.39, 0.29) is 11.7 Å². The number of hydrogen-bond acceptors (Lipinski definition) is 3. The van der Waals surface area contributed by atoms with Gasteiger partial charge in [0.25, 0.3) is 5.91 Å². The van der Waals surface area contributed by atoms with E-state index in [1.54, 1.807) is 23.1 Å². The summed E-state index contributed by atoms with van der Waals surface area (Å²) >= 11 is 0. The Hall–Kier alpha value is -2.49. The van der Waals surface area contributed by atoms with E-state index < -0.39 is 6.10 Å². The first-order chi connectivity index (χ1) is 11.0. The van der Waals surface area contributed by atoms with Gasteiger partial charge in [0.1, 0.15) is 11.5 Å². The summed E-state index contributed by atoms with van der Waals surface area (Å²) in [6, 6.07) is 11.1. The summed E-state index contributed by atoms with van der Waals surface area (Å²) in [6.45, 7) is 6.59. The first kappa shape index (κ1) is 15.4. The van der Waals surface area contributed by atoms with Crippen LogP contribution in [0.2, 0.25) is 0 Å². The molecule has 1 heterocycles. The fourth-order valence-corrected chi connectivity index (χ4v) is 2.99. The molecule has 2 aromatic rings. The Bertz CT molecular complexity index is 754. The summed E-state index contributed by atoms with van der Waals surface area (Å²) in [5.74, 6) is 0.660. The molecule has 0 spiro atoms. The lowest BCUT2D eigenvalue weighted by molar-refractivity contribution is -0.126. The van der Waals surface area contributed by atoms with Crippen LogP contribution in [0.1, 0.15) is 23.6 Å². The topological polar surface area (TPSA) is 49.8 Å². The molecule has 0 bridgehead atoms. The van der Waals surface area contributed by atoms with Gasteiger partial charge in [-0.1, -0.05) is 23.8 Å². The van der Waals surface area contributed by atoms with E-state index in [1.165, 1.54) is 5.56 Å². The molecule has 1 atom stereocenters. The van der Waals surface area contributed by atoms with Crippen molar-refractivity contribution in [2.45, 2.75) is 33.3 Å². The third kappa shape index (κ3) is 2.89. The second-order valence-corrected chi connectivity index (χ2v) is 5.98. The summed E-state index contributed by atoms with van der Waals surface area (Å²) in [5.41, 5.74) is 4.14. The van der Waals surface area contributed by atoms with Gasteiger partial charge in [0.2, 0.25) is 0 Å². The van der Waals surface area contributed by atoms with Crippen LogP contribution in [0.4, 0.5) is 5.69 Å². The summed E-state index contributed by atoms with van der Waals surface area (Å²) in [7, 11) is 0. The van der Waals surface area contributed by atoms with Crippen molar-refractivity contribution < 1.29 is 14.6 Å². The third-order valence-electron chi connectivity index (χ3n) is 4.27. The second-order valence-electron chi connectivity index (χ2n) is 5.98. The molecule has 2 aromatic carbocycles. The van der Waals surface area contributed by atoms with Crippen LogP contribution >= 0.6 is 0 Å². The predicted molar refractivity (Wildman–Crippen MR) is 90.2 cm³/mol. The van der Waals surface area contributed by atoms with Crippen LogP contribution in [-0.4, -0.2) is 23.7 Å². The fourth-order valence-electron chi connectivity index (χ4n) is 2.99. The average molecular weight is 311 g/mol. The SMILES string of the molecule is CCN1C(=O)C(Cc2cc(C)ccc2C)Oc2cc(O)ccc21.